The summed E-state index contributed by atoms with van der Waals surface area (Å²) in [6.45, 7) is 0.936. The molecule has 0 heterocycles. The van der Waals surface area contributed by atoms with Crippen molar-refractivity contribution in [1.29, 1.82) is 0 Å². The van der Waals surface area contributed by atoms with Gasteiger partial charge in [-0.05, 0) is 31.6 Å². The van der Waals surface area contributed by atoms with Gasteiger partial charge in [0.15, 0.2) is 5.96 Å². The molecular formula is C12H24IN3. The second kappa shape index (κ2) is 7.35. The Labute approximate surface area is 116 Å². The van der Waals surface area contributed by atoms with E-state index in [0.29, 0.717) is 12.0 Å². The Hall–Kier alpha value is 0. The van der Waals surface area contributed by atoms with Crippen LogP contribution < -0.4 is 11.1 Å². The van der Waals surface area contributed by atoms with E-state index < -0.39 is 0 Å². The van der Waals surface area contributed by atoms with Crippen LogP contribution in [0, 0.1) is 5.92 Å². The van der Waals surface area contributed by atoms with Gasteiger partial charge in [0.1, 0.15) is 0 Å². The van der Waals surface area contributed by atoms with E-state index in [1.165, 1.54) is 51.4 Å². The van der Waals surface area contributed by atoms with Crippen molar-refractivity contribution in [2.24, 2.45) is 16.6 Å². The fraction of sp³-hybridized carbons (Fsp3) is 0.917. The molecule has 0 aromatic carbocycles. The number of nitrogens with zero attached hydrogens (tertiary/aromatic N) is 1. The van der Waals surface area contributed by atoms with Crippen LogP contribution in [-0.2, 0) is 0 Å². The molecule has 0 saturated heterocycles. The molecule has 0 spiro atoms. The fourth-order valence-electron chi connectivity index (χ4n) is 2.21. The van der Waals surface area contributed by atoms with Gasteiger partial charge in [-0.1, -0.05) is 25.7 Å². The van der Waals surface area contributed by atoms with Gasteiger partial charge in [0, 0.05) is 12.6 Å². The molecule has 4 heteroatoms. The highest BCUT2D eigenvalue weighted by Crippen LogP contribution is 2.28. The van der Waals surface area contributed by atoms with Crippen LogP contribution in [0.1, 0.15) is 51.4 Å². The first-order valence-corrected chi connectivity index (χ1v) is 6.41. The van der Waals surface area contributed by atoms with Crippen molar-refractivity contribution in [2.75, 3.05) is 6.54 Å². The minimum Gasteiger partial charge on any atom is -0.370 e. The lowest BCUT2D eigenvalue weighted by Crippen LogP contribution is -2.40. The lowest BCUT2D eigenvalue weighted by atomic mass is 10.1. The second-order valence-electron chi connectivity index (χ2n) is 5.00. The standard InChI is InChI=1S/C12H23N3.HI/c13-12(14-9-10-7-8-10)15-11-5-3-1-2-4-6-11;/h10-11H,1-9H2,(H3,13,14,15);1H. The third-order valence-corrected chi connectivity index (χ3v) is 3.42. The number of aliphatic imine (C=N–C) groups is 1. The minimum absolute atomic E-state index is 0. The normalized spacial score (nSPS) is 23.4. The summed E-state index contributed by atoms with van der Waals surface area (Å²) in [7, 11) is 0. The van der Waals surface area contributed by atoms with Crippen LogP contribution >= 0.6 is 24.0 Å². The molecule has 0 unspecified atom stereocenters. The number of rotatable bonds is 3. The Morgan fingerprint density at radius 3 is 2.25 bits per heavy atom. The Bertz CT molecular complexity index is 218. The van der Waals surface area contributed by atoms with Crippen molar-refractivity contribution in [3.63, 3.8) is 0 Å². The summed E-state index contributed by atoms with van der Waals surface area (Å²) in [4.78, 5) is 4.39. The molecule has 3 nitrogen and oxygen atoms in total. The van der Waals surface area contributed by atoms with Crippen LogP contribution in [0.25, 0.3) is 0 Å². The molecule has 0 aromatic rings. The van der Waals surface area contributed by atoms with Crippen LogP contribution in [-0.4, -0.2) is 18.5 Å². The summed E-state index contributed by atoms with van der Waals surface area (Å²) < 4.78 is 0. The van der Waals surface area contributed by atoms with E-state index in [-0.39, 0.29) is 24.0 Å². The van der Waals surface area contributed by atoms with E-state index in [9.17, 15) is 0 Å². The van der Waals surface area contributed by atoms with Gasteiger partial charge in [-0.2, -0.15) is 0 Å². The van der Waals surface area contributed by atoms with Gasteiger partial charge >= 0.3 is 0 Å². The molecule has 2 aliphatic carbocycles. The molecule has 2 aliphatic rings. The summed E-state index contributed by atoms with van der Waals surface area (Å²) in [5.74, 6) is 1.51. The zero-order chi connectivity index (χ0) is 10.5. The van der Waals surface area contributed by atoms with Crippen molar-refractivity contribution < 1.29 is 0 Å². The molecule has 0 amide bonds. The molecule has 2 fully saturated rings. The van der Waals surface area contributed by atoms with Gasteiger partial charge in [-0.3, -0.25) is 4.99 Å². The molecule has 16 heavy (non-hydrogen) atoms. The molecule has 0 bridgehead atoms. The Morgan fingerprint density at radius 1 is 1.06 bits per heavy atom. The largest absolute Gasteiger partial charge is 0.370 e. The lowest BCUT2D eigenvalue weighted by molar-refractivity contribution is 0.530. The smallest absolute Gasteiger partial charge is 0.188 e. The molecule has 94 valence electrons. The SMILES string of the molecule is I.NC(=NCC1CC1)NC1CCCCCC1. The summed E-state index contributed by atoms with van der Waals surface area (Å²) in [6, 6.07) is 0.579. The lowest BCUT2D eigenvalue weighted by Gasteiger charge is -2.16. The maximum atomic E-state index is 5.87. The molecule has 0 aromatic heterocycles. The fourth-order valence-corrected chi connectivity index (χ4v) is 2.21. The van der Waals surface area contributed by atoms with Crippen LogP contribution in [0.2, 0.25) is 0 Å². The molecule has 3 N–H and O–H groups in total. The maximum absolute atomic E-state index is 5.87. The van der Waals surface area contributed by atoms with E-state index in [4.69, 9.17) is 5.73 Å². The number of nitrogens with two attached hydrogens (primary N) is 1. The maximum Gasteiger partial charge on any atom is 0.188 e. The van der Waals surface area contributed by atoms with Gasteiger partial charge in [-0.25, -0.2) is 0 Å². The molecule has 2 rings (SSSR count). The third-order valence-electron chi connectivity index (χ3n) is 3.42. The molecule has 0 radical (unpaired) electrons. The van der Waals surface area contributed by atoms with E-state index >= 15 is 0 Å². The summed E-state index contributed by atoms with van der Waals surface area (Å²) in [5, 5.41) is 3.37. The van der Waals surface area contributed by atoms with Gasteiger partial charge in [0.25, 0.3) is 0 Å². The number of halogens is 1. The molecule has 0 atom stereocenters. The highest BCUT2D eigenvalue weighted by Gasteiger charge is 2.20. The van der Waals surface area contributed by atoms with Crippen molar-refractivity contribution in [3.05, 3.63) is 0 Å². The number of hydrogen-bond donors (Lipinski definition) is 2. The predicted octanol–water partition coefficient (Wildman–Crippen LogP) is 2.64. The number of guanidine groups is 1. The quantitative estimate of drug-likeness (QED) is 0.360. The monoisotopic (exact) mass is 337 g/mol. The van der Waals surface area contributed by atoms with Crippen LogP contribution in [0.5, 0.6) is 0 Å². The van der Waals surface area contributed by atoms with Gasteiger partial charge < -0.3 is 11.1 Å². The van der Waals surface area contributed by atoms with E-state index in [0.717, 1.165) is 12.5 Å². The first-order valence-electron chi connectivity index (χ1n) is 6.41. The molecular weight excluding hydrogens is 313 g/mol. The van der Waals surface area contributed by atoms with Gasteiger partial charge in [-0.15, -0.1) is 24.0 Å². The Kier molecular flexibility index (Phi) is 6.46. The third kappa shape index (κ3) is 5.37. The van der Waals surface area contributed by atoms with Crippen molar-refractivity contribution in [3.8, 4) is 0 Å². The molecule has 2 saturated carbocycles. The van der Waals surface area contributed by atoms with E-state index in [1.54, 1.807) is 0 Å². The first kappa shape index (κ1) is 14.1. The van der Waals surface area contributed by atoms with Crippen molar-refractivity contribution in [1.82, 2.24) is 5.32 Å². The Balaban J connectivity index is 0.00000128. The van der Waals surface area contributed by atoms with Crippen LogP contribution in [0.3, 0.4) is 0 Å². The predicted molar refractivity (Wildman–Crippen MR) is 79.3 cm³/mol. The van der Waals surface area contributed by atoms with Crippen LogP contribution in [0.4, 0.5) is 0 Å². The van der Waals surface area contributed by atoms with E-state index in [2.05, 4.69) is 10.3 Å². The zero-order valence-corrected chi connectivity index (χ0v) is 12.3. The highest BCUT2D eigenvalue weighted by molar-refractivity contribution is 14.0. The zero-order valence-electron chi connectivity index (χ0n) is 9.95. The average Bonchev–Trinajstić information content (AvgIpc) is 3.03. The Morgan fingerprint density at radius 2 is 1.69 bits per heavy atom. The van der Waals surface area contributed by atoms with Gasteiger partial charge in [0.05, 0.1) is 0 Å². The van der Waals surface area contributed by atoms with Crippen LogP contribution in [0.15, 0.2) is 4.99 Å². The topological polar surface area (TPSA) is 50.4 Å². The summed E-state index contributed by atoms with van der Waals surface area (Å²) in [6.07, 6.45) is 10.7. The summed E-state index contributed by atoms with van der Waals surface area (Å²) in [5.41, 5.74) is 5.87. The number of nitrogens with one attached hydrogen (secondary N) is 1. The van der Waals surface area contributed by atoms with Crippen molar-refractivity contribution in [2.45, 2.75) is 57.4 Å². The van der Waals surface area contributed by atoms with Gasteiger partial charge in [0.2, 0.25) is 0 Å². The number of hydrogen-bond acceptors (Lipinski definition) is 1. The van der Waals surface area contributed by atoms with E-state index in [1.807, 2.05) is 0 Å². The van der Waals surface area contributed by atoms with Crippen molar-refractivity contribution >= 4 is 29.9 Å². The second-order valence-corrected chi connectivity index (χ2v) is 5.00. The average molecular weight is 337 g/mol. The first-order chi connectivity index (χ1) is 7.34. The summed E-state index contributed by atoms with van der Waals surface area (Å²) >= 11 is 0. The minimum atomic E-state index is 0. The molecule has 0 aliphatic heterocycles. The highest BCUT2D eigenvalue weighted by atomic mass is 127.